The van der Waals surface area contributed by atoms with Crippen molar-refractivity contribution in [3.63, 3.8) is 0 Å². The molecule has 0 radical (unpaired) electrons. The SMILES string of the molecule is O=C([O-])C1C=CSS1.O=C([O-])C1C=CSS1.S=c1ccss1.[Na+].[Na+]. The molecule has 2 aliphatic heterocycles. The summed E-state index contributed by atoms with van der Waals surface area (Å²) in [7, 11) is 8.75. The van der Waals surface area contributed by atoms with Gasteiger partial charge in [-0.05, 0) is 16.9 Å². The van der Waals surface area contributed by atoms with Crippen molar-refractivity contribution in [3.8, 4) is 0 Å². The van der Waals surface area contributed by atoms with Crippen LogP contribution in [0.5, 0.6) is 0 Å². The molecular formula is C11H8Na2O4S7. The largest absolute Gasteiger partial charge is 1.00 e. The van der Waals surface area contributed by atoms with Gasteiger partial charge in [-0.15, -0.1) is 0 Å². The fourth-order valence-corrected chi connectivity index (χ4v) is 6.52. The molecule has 0 saturated carbocycles. The van der Waals surface area contributed by atoms with E-state index in [2.05, 4.69) is 0 Å². The Morgan fingerprint density at radius 2 is 1.42 bits per heavy atom. The first-order valence-corrected chi connectivity index (χ1v) is 12.6. The van der Waals surface area contributed by atoms with E-state index < -0.39 is 22.4 Å². The number of carbonyl (C=O) groups is 2. The first kappa shape index (κ1) is 28.3. The molecular weight excluding hydrogens is 467 g/mol. The van der Waals surface area contributed by atoms with Crippen molar-refractivity contribution in [3.05, 3.63) is 38.2 Å². The van der Waals surface area contributed by atoms with Crippen LogP contribution in [0.4, 0.5) is 0 Å². The maximum absolute atomic E-state index is 10.0. The Morgan fingerprint density at radius 3 is 1.54 bits per heavy atom. The molecule has 1 aromatic heterocycles. The minimum Gasteiger partial charge on any atom is -0.549 e. The fourth-order valence-electron chi connectivity index (χ4n) is 0.877. The molecule has 4 nitrogen and oxygen atoms in total. The second-order valence-electron chi connectivity index (χ2n) is 3.32. The van der Waals surface area contributed by atoms with Crippen molar-refractivity contribution in [2.24, 2.45) is 0 Å². The average Bonchev–Trinajstić information content (AvgIpc) is 3.24. The summed E-state index contributed by atoms with van der Waals surface area (Å²) in [6.45, 7) is 0. The standard InChI is InChI=1S/2C4H4O2S2.C3H2S3.2Na/c2*5-4(6)3-1-2-7-8-3;4-3-1-2-5-6-3;;/h2*1-3H,(H,5,6);1-2H;;/q;;;2*+1/p-2. The van der Waals surface area contributed by atoms with E-state index in [9.17, 15) is 19.8 Å². The predicted octanol–water partition coefficient (Wildman–Crippen LogP) is -3.43. The maximum Gasteiger partial charge on any atom is 1.00 e. The third kappa shape index (κ3) is 13.3. The monoisotopic (exact) mass is 474 g/mol. The van der Waals surface area contributed by atoms with Crippen molar-refractivity contribution in [2.75, 3.05) is 0 Å². The summed E-state index contributed by atoms with van der Waals surface area (Å²) in [5, 5.41) is 24.7. The Bertz CT molecular complexity index is 552. The van der Waals surface area contributed by atoms with Gasteiger partial charge in [-0.2, -0.15) is 0 Å². The zero-order chi connectivity index (χ0) is 16.4. The van der Waals surface area contributed by atoms with Gasteiger partial charge in [-0.1, -0.05) is 88.2 Å². The van der Waals surface area contributed by atoms with Crippen LogP contribution in [-0.4, -0.2) is 22.4 Å². The van der Waals surface area contributed by atoms with Crippen molar-refractivity contribution >= 4 is 88.0 Å². The molecule has 0 fully saturated rings. The summed E-state index contributed by atoms with van der Waals surface area (Å²) in [4.78, 5) is 20.0. The molecule has 3 rings (SSSR count). The molecule has 0 N–H and O–H groups in total. The number of carboxylic acids is 2. The van der Waals surface area contributed by atoms with Gasteiger partial charge in [0.25, 0.3) is 0 Å². The van der Waals surface area contributed by atoms with Gasteiger partial charge >= 0.3 is 59.1 Å². The Hall–Kier alpha value is 2.09. The molecule has 120 valence electrons. The molecule has 13 heteroatoms. The molecule has 0 saturated heterocycles. The van der Waals surface area contributed by atoms with E-state index in [0.29, 0.717) is 0 Å². The minimum atomic E-state index is -1.00. The van der Waals surface area contributed by atoms with Crippen LogP contribution in [0.3, 0.4) is 0 Å². The zero-order valence-corrected chi connectivity index (χ0v) is 22.3. The van der Waals surface area contributed by atoms with Gasteiger partial charge in [-0.3, -0.25) is 0 Å². The Morgan fingerprint density at radius 1 is 0.958 bits per heavy atom. The molecule has 2 aliphatic rings. The van der Waals surface area contributed by atoms with Gasteiger partial charge in [0.05, 0.1) is 22.4 Å². The Labute approximate surface area is 212 Å². The van der Waals surface area contributed by atoms with E-state index in [1.165, 1.54) is 43.2 Å². The Kier molecular flexibility index (Phi) is 20.3. The van der Waals surface area contributed by atoms with E-state index in [4.69, 9.17) is 12.2 Å². The van der Waals surface area contributed by atoms with Gasteiger partial charge in [0, 0.05) is 5.38 Å². The van der Waals surface area contributed by atoms with E-state index in [1.54, 1.807) is 43.6 Å². The number of hydrogen-bond acceptors (Lipinski definition) is 11. The minimum absolute atomic E-state index is 0. The zero-order valence-electron chi connectivity index (χ0n) is 12.6. The van der Waals surface area contributed by atoms with E-state index >= 15 is 0 Å². The number of aliphatic carboxylic acids is 2. The summed E-state index contributed by atoms with van der Waals surface area (Å²) < 4.78 is 0.986. The maximum atomic E-state index is 10.0. The first-order chi connectivity index (χ1) is 10.5. The molecule has 24 heavy (non-hydrogen) atoms. The van der Waals surface area contributed by atoms with Gasteiger partial charge in [0.2, 0.25) is 0 Å². The van der Waals surface area contributed by atoms with Crippen LogP contribution in [0.25, 0.3) is 0 Å². The van der Waals surface area contributed by atoms with E-state index in [0.717, 1.165) is 3.82 Å². The molecule has 0 aromatic carbocycles. The molecule has 0 spiro atoms. The molecule has 0 bridgehead atoms. The van der Waals surface area contributed by atoms with Gasteiger partial charge < -0.3 is 19.8 Å². The van der Waals surface area contributed by atoms with Crippen molar-refractivity contribution in [1.29, 1.82) is 0 Å². The first-order valence-electron chi connectivity index (χ1n) is 5.44. The van der Waals surface area contributed by atoms with Crippen LogP contribution in [-0.2, 0) is 9.59 Å². The summed E-state index contributed by atoms with van der Waals surface area (Å²) in [5.74, 6) is -2.01. The number of hydrogen-bond donors (Lipinski definition) is 0. The second kappa shape index (κ2) is 17.2. The normalized spacial score (nSPS) is 19.7. The number of carbonyl (C=O) groups excluding carboxylic acids is 2. The van der Waals surface area contributed by atoms with Gasteiger partial charge in [-0.25, -0.2) is 0 Å². The van der Waals surface area contributed by atoms with Gasteiger partial charge in [0.15, 0.2) is 0 Å². The van der Waals surface area contributed by atoms with Crippen LogP contribution in [0, 0.1) is 3.82 Å². The molecule has 2 unspecified atom stereocenters. The molecule has 1 aromatic rings. The smallest absolute Gasteiger partial charge is 0.549 e. The fraction of sp³-hybridized carbons (Fsp3) is 0.182. The number of carboxylic acid groups (broad SMARTS) is 2. The van der Waals surface area contributed by atoms with Gasteiger partial charge in [0.1, 0.15) is 3.82 Å². The summed E-state index contributed by atoms with van der Waals surface area (Å²) in [5.41, 5.74) is 0. The van der Waals surface area contributed by atoms with Crippen molar-refractivity contribution < 1.29 is 78.9 Å². The molecule has 0 amide bonds. The van der Waals surface area contributed by atoms with Crippen LogP contribution in [0.2, 0.25) is 0 Å². The summed E-state index contributed by atoms with van der Waals surface area (Å²) >= 11 is 4.77. The quantitative estimate of drug-likeness (QED) is 0.247. The second-order valence-corrected chi connectivity index (χ2v) is 10.8. The van der Waals surface area contributed by atoms with E-state index in [-0.39, 0.29) is 59.1 Å². The van der Waals surface area contributed by atoms with E-state index in [1.807, 2.05) is 11.4 Å². The molecule has 0 aliphatic carbocycles. The van der Waals surface area contributed by atoms with Crippen molar-refractivity contribution in [1.82, 2.24) is 0 Å². The topological polar surface area (TPSA) is 80.3 Å². The third-order valence-electron chi connectivity index (χ3n) is 1.79. The van der Waals surface area contributed by atoms with Crippen LogP contribution in [0.1, 0.15) is 0 Å². The Balaban J connectivity index is 0. The van der Waals surface area contributed by atoms with Crippen LogP contribution in [0.15, 0.2) is 34.4 Å². The van der Waals surface area contributed by atoms with Crippen LogP contribution >= 0.6 is 76.1 Å². The van der Waals surface area contributed by atoms with Crippen molar-refractivity contribution in [2.45, 2.75) is 10.5 Å². The van der Waals surface area contributed by atoms with Crippen LogP contribution < -0.4 is 69.3 Å². The predicted molar refractivity (Wildman–Crippen MR) is 99.3 cm³/mol. The molecule has 3 heterocycles. The molecule has 2 atom stereocenters. The number of rotatable bonds is 2. The average molecular weight is 475 g/mol. The summed E-state index contributed by atoms with van der Waals surface area (Å²) in [6, 6.07) is 1.94. The third-order valence-corrected chi connectivity index (χ3v) is 8.75. The summed E-state index contributed by atoms with van der Waals surface area (Å²) in [6.07, 6.45) is 3.23.